The first-order chi connectivity index (χ1) is 11.8. The molecule has 132 valence electrons. The number of nitrogens with one attached hydrogen (secondary N) is 1. The van der Waals surface area contributed by atoms with Crippen molar-refractivity contribution in [2.24, 2.45) is 0 Å². The number of benzene rings is 2. The van der Waals surface area contributed by atoms with Crippen LogP contribution in [0.3, 0.4) is 0 Å². The summed E-state index contributed by atoms with van der Waals surface area (Å²) in [5.41, 5.74) is 2.70. The van der Waals surface area contributed by atoms with Gasteiger partial charge in [0.1, 0.15) is 5.75 Å². The van der Waals surface area contributed by atoms with Crippen LogP contribution in [0.25, 0.3) is 0 Å². The first kappa shape index (κ1) is 18.8. The minimum Gasteiger partial charge on any atom is -0.481 e. The standard InChI is InChI=1S/C19H20ClNO4/c1-11-5-8-17(12(2)9-11)25-13(3)18(22)21-14-6-7-16(20)15(10-14)19(23)24-4/h5-10,13H,1-4H3,(H,21,22)/t13-/m0/s1. The van der Waals surface area contributed by atoms with Crippen LogP contribution in [0.5, 0.6) is 5.75 Å². The molecule has 0 fully saturated rings. The fraction of sp³-hybridized carbons (Fsp3) is 0.263. The lowest BCUT2D eigenvalue weighted by Gasteiger charge is -2.17. The molecule has 1 atom stereocenters. The number of carbonyl (C=O) groups is 2. The van der Waals surface area contributed by atoms with Gasteiger partial charge in [-0.25, -0.2) is 4.79 Å². The summed E-state index contributed by atoms with van der Waals surface area (Å²) in [6, 6.07) is 10.4. The summed E-state index contributed by atoms with van der Waals surface area (Å²) in [6.45, 7) is 5.58. The van der Waals surface area contributed by atoms with Crippen LogP contribution in [0, 0.1) is 13.8 Å². The molecule has 0 aliphatic rings. The van der Waals surface area contributed by atoms with E-state index in [1.165, 1.54) is 19.2 Å². The first-order valence-electron chi connectivity index (χ1n) is 7.74. The third kappa shape index (κ3) is 4.73. The summed E-state index contributed by atoms with van der Waals surface area (Å²) in [5.74, 6) is -0.251. The number of rotatable bonds is 5. The van der Waals surface area contributed by atoms with Gasteiger partial charge in [-0.2, -0.15) is 0 Å². The molecule has 0 unspecified atom stereocenters. The van der Waals surface area contributed by atoms with Gasteiger partial charge in [-0.3, -0.25) is 4.79 Å². The predicted molar refractivity (Wildman–Crippen MR) is 97.4 cm³/mol. The molecule has 2 aromatic rings. The van der Waals surface area contributed by atoms with Gasteiger partial charge in [-0.1, -0.05) is 29.3 Å². The maximum absolute atomic E-state index is 12.3. The van der Waals surface area contributed by atoms with Crippen molar-refractivity contribution >= 4 is 29.2 Å². The highest BCUT2D eigenvalue weighted by atomic mass is 35.5. The Morgan fingerprint density at radius 2 is 1.84 bits per heavy atom. The van der Waals surface area contributed by atoms with Crippen LogP contribution < -0.4 is 10.1 Å². The Balaban J connectivity index is 2.09. The molecule has 6 heteroatoms. The maximum atomic E-state index is 12.3. The molecule has 0 aliphatic carbocycles. The number of amides is 1. The van der Waals surface area contributed by atoms with Gasteiger partial charge in [-0.05, 0) is 50.6 Å². The number of hydrogen-bond acceptors (Lipinski definition) is 4. The molecule has 25 heavy (non-hydrogen) atoms. The van der Waals surface area contributed by atoms with Crippen molar-refractivity contribution in [3.8, 4) is 5.75 Å². The van der Waals surface area contributed by atoms with Crippen LogP contribution in [0.4, 0.5) is 5.69 Å². The van der Waals surface area contributed by atoms with E-state index >= 15 is 0 Å². The number of hydrogen-bond donors (Lipinski definition) is 1. The Morgan fingerprint density at radius 1 is 1.12 bits per heavy atom. The normalized spacial score (nSPS) is 11.6. The van der Waals surface area contributed by atoms with Gasteiger partial charge in [0.2, 0.25) is 0 Å². The van der Waals surface area contributed by atoms with E-state index in [9.17, 15) is 9.59 Å². The first-order valence-corrected chi connectivity index (χ1v) is 8.12. The highest BCUT2D eigenvalue weighted by molar-refractivity contribution is 6.33. The molecule has 0 aromatic heterocycles. The lowest BCUT2D eigenvalue weighted by Crippen LogP contribution is -2.30. The summed E-state index contributed by atoms with van der Waals surface area (Å²) in [7, 11) is 1.27. The quantitative estimate of drug-likeness (QED) is 0.812. The maximum Gasteiger partial charge on any atom is 0.339 e. The highest BCUT2D eigenvalue weighted by Gasteiger charge is 2.18. The van der Waals surface area contributed by atoms with Crippen molar-refractivity contribution in [3.63, 3.8) is 0 Å². The van der Waals surface area contributed by atoms with E-state index in [2.05, 4.69) is 10.1 Å². The van der Waals surface area contributed by atoms with E-state index in [0.717, 1.165) is 11.1 Å². The van der Waals surface area contributed by atoms with E-state index in [4.69, 9.17) is 16.3 Å². The molecule has 1 amide bonds. The zero-order valence-electron chi connectivity index (χ0n) is 14.6. The van der Waals surface area contributed by atoms with Crippen LogP contribution in [0.15, 0.2) is 36.4 Å². The van der Waals surface area contributed by atoms with Gasteiger partial charge in [0, 0.05) is 5.69 Å². The summed E-state index contributed by atoms with van der Waals surface area (Å²) in [5, 5.41) is 2.96. The van der Waals surface area contributed by atoms with Crippen molar-refractivity contribution in [1.29, 1.82) is 0 Å². The molecule has 2 rings (SSSR count). The van der Waals surface area contributed by atoms with Crippen molar-refractivity contribution in [3.05, 3.63) is 58.1 Å². The Hall–Kier alpha value is -2.53. The number of anilines is 1. The minimum atomic E-state index is -0.710. The van der Waals surface area contributed by atoms with Crippen LogP contribution >= 0.6 is 11.6 Å². The number of ether oxygens (including phenoxy) is 2. The summed E-state index contributed by atoms with van der Waals surface area (Å²) < 4.78 is 10.4. The molecule has 0 spiro atoms. The van der Waals surface area contributed by atoms with Crippen molar-refractivity contribution in [2.45, 2.75) is 26.9 Å². The zero-order valence-corrected chi connectivity index (χ0v) is 15.3. The Kier molecular flexibility index (Phi) is 6.04. The van der Waals surface area contributed by atoms with Crippen LogP contribution in [-0.2, 0) is 9.53 Å². The second-order valence-corrected chi connectivity index (χ2v) is 6.11. The smallest absolute Gasteiger partial charge is 0.339 e. The molecule has 1 N–H and O–H groups in total. The second-order valence-electron chi connectivity index (χ2n) is 5.70. The van der Waals surface area contributed by atoms with Gasteiger partial charge in [0.25, 0.3) is 5.91 Å². The van der Waals surface area contributed by atoms with Crippen LogP contribution in [0.2, 0.25) is 5.02 Å². The molecule has 0 bridgehead atoms. The van der Waals surface area contributed by atoms with E-state index in [0.29, 0.717) is 11.4 Å². The lowest BCUT2D eigenvalue weighted by atomic mass is 10.1. The van der Waals surface area contributed by atoms with Gasteiger partial charge >= 0.3 is 5.97 Å². The second kappa shape index (κ2) is 8.03. The van der Waals surface area contributed by atoms with E-state index in [1.807, 2.05) is 32.0 Å². The SMILES string of the molecule is COC(=O)c1cc(NC(=O)[C@H](C)Oc2ccc(C)cc2C)ccc1Cl. The van der Waals surface area contributed by atoms with E-state index in [1.54, 1.807) is 13.0 Å². The topological polar surface area (TPSA) is 64.6 Å². The molecular formula is C19H20ClNO4. The molecule has 0 saturated carbocycles. The summed E-state index contributed by atoms with van der Waals surface area (Å²) >= 11 is 5.97. The predicted octanol–water partition coefficient (Wildman–Crippen LogP) is 4.15. The largest absolute Gasteiger partial charge is 0.481 e. The molecule has 0 radical (unpaired) electrons. The Bertz CT molecular complexity index is 804. The van der Waals surface area contributed by atoms with Crippen molar-refractivity contribution in [2.75, 3.05) is 12.4 Å². The Morgan fingerprint density at radius 3 is 2.48 bits per heavy atom. The van der Waals surface area contributed by atoms with E-state index in [-0.39, 0.29) is 16.5 Å². The third-order valence-electron chi connectivity index (χ3n) is 3.64. The average molecular weight is 362 g/mol. The average Bonchev–Trinajstić information content (AvgIpc) is 2.58. The Labute approximate surface area is 151 Å². The van der Waals surface area contributed by atoms with Gasteiger partial charge in [0.05, 0.1) is 17.7 Å². The monoisotopic (exact) mass is 361 g/mol. The number of carbonyl (C=O) groups excluding carboxylic acids is 2. The zero-order chi connectivity index (χ0) is 18.6. The van der Waals surface area contributed by atoms with Gasteiger partial charge < -0.3 is 14.8 Å². The minimum absolute atomic E-state index is 0.185. The van der Waals surface area contributed by atoms with Crippen molar-refractivity contribution in [1.82, 2.24) is 0 Å². The molecule has 5 nitrogen and oxygen atoms in total. The molecular weight excluding hydrogens is 342 g/mol. The molecule has 0 aliphatic heterocycles. The third-order valence-corrected chi connectivity index (χ3v) is 3.97. The fourth-order valence-corrected chi connectivity index (χ4v) is 2.48. The molecule has 0 heterocycles. The summed E-state index contributed by atoms with van der Waals surface area (Å²) in [6.07, 6.45) is -0.710. The molecule has 2 aromatic carbocycles. The van der Waals surface area contributed by atoms with Crippen LogP contribution in [-0.4, -0.2) is 25.1 Å². The highest BCUT2D eigenvalue weighted by Crippen LogP contribution is 2.23. The summed E-state index contributed by atoms with van der Waals surface area (Å²) in [4.78, 5) is 24.0. The van der Waals surface area contributed by atoms with Gasteiger partial charge in [-0.15, -0.1) is 0 Å². The fourth-order valence-electron chi connectivity index (χ4n) is 2.29. The number of esters is 1. The lowest BCUT2D eigenvalue weighted by molar-refractivity contribution is -0.122. The molecule has 0 saturated heterocycles. The number of methoxy groups -OCH3 is 1. The van der Waals surface area contributed by atoms with Crippen molar-refractivity contribution < 1.29 is 19.1 Å². The van der Waals surface area contributed by atoms with Gasteiger partial charge in [0.15, 0.2) is 6.10 Å². The van der Waals surface area contributed by atoms with E-state index < -0.39 is 12.1 Å². The number of halogens is 1. The van der Waals surface area contributed by atoms with Crippen LogP contribution in [0.1, 0.15) is 28.4 Å². The number of aryl methyl sites for hydroxylation is 2.